The molecular formula is C16H13Cl2NO. The fraction of sp³-hybridized carbons (Fsp3) is 0.0625. The number of carbonyl (C=O) groups is 1. The van der Waals surface area contributed by atoms with Gasteiger partial charge in [0.15, 0.2) is 0 Å². The van der Waals surface area contributed by atoms with Gasteiger partial charge in [-0.05, 0) is 48.4 Å². The van der Waals surface area contributed by atoms with Crippen molar-refractivity contribution in [2.45, 2.75) is 6.92 Å². The standard InChI is InChI=1S/C16H13Cl2NO/c1-11-2-8-15(14(18)10-11)19-16(20)9-5-12-3-6-13(17)7-4-12/h2-10H,1H3,(H,19,20)/b9-5+. The van der Waals surface area contributed by atoms with Crippen LogP contribution in [0.5, 0.6) is 0 Å². The van der Waals surface area contributed by atoms with Crippen LogP contribution >= 0.6 is 23.2 Å². The van der Waals surface area contributed by atoms with Gasteiger partial charge in [0.25, 0.3) is 0 Å². The van der Waals surface area contributed by atoms with Crippen LogP contribution in [-0.2, 0) is 4.79 Å². The third kappa shape index (κ3) is 4.12. The summed E-state index contributed by atoms with van der Waals surface area (Å²) in [5, 5.41) is 3.93. The molecule has 0 unspecified atom stereocenters. The molecule has 0 saturated carbocycles. The van der Waals surface area contributed by atoms with Crippen LogP contribution in [0.15, 0.2) is 48.5 Å². The number of benzene rings is 2. The van der Waals surface area contributed by atoms with E-state index in [2.05, 4.69) is 5.32 Å². The van der Waals surface area contributed by atoms with Crippen LogP contribution in [0.2, 0.25) is 10.0 Å². The van der Waals surface area contributed by atoms with Gasteiger partial charge in [-0.15, -0.1) is 0 Å². The number of amides is 1. The van der Waals surface area contributed by atoms with Gasteiger partial charge in [0.05, 0.1) is 10.7 Å². The molecule has 1 amide bonds. The van der Waals surface area contributed by atoms with Gasteiger partial charge >= 0.3 is 0 Å². The van der Waals surface area contributed by atoms with E-state index in [0.29, 0.717) is 15.7 Å². The molecule has 0 aliphatic rings. The Kier molecular flexibility index (Phi) is 4.83. The van der Waals surface area contributed by atoms with Gasteiger partial charge in [0.2, 0.25) is 5.91 Å². The first kappa shape index (κ1) is 14.6. The highest BCUT2D eigenvalue weighted by atomic mass is 35.5. The van der Waals surface area contributed by atoms with E-state index in [-0.39, 0.29) is 5.91 Å². The van der Waals surface area contributed by atoms with Crippen molar-refractivity contribution in [3.05, 3.63) is 69.7 Å². The summed E-state index contributed by atoms with van der Waals surface area (Å²) in [5.74, 6) is -0.231. The minimum Gasteiger partial charge on any atom is -0.321 e. The van der Waals surface area contributed by atoms with E-state index >= 15 is 0 Å². The summed E-state index contributed by atoms with van der Waals surface area (Å²) < 4.78 is 0. The molecule has 2 aromatic rings. The SMILES string of the molecule is Cc1ccc(NC(=O)/C=C/c2ccc(Cl)cc2)c(Cl)c1. The molecule has 0 saturated heterocycles. The lowest BCUT2D eigenvalue weighted by atomic mass is 10.2. The molecule has 0 aliphatic heterocycles. The summed E-state index contributed by atoms with van der Waals surface area (Å²) >= 11 is 11.8. The maximum atomic E-state index is 11.8. The predicted octanol–water partition coefficient (Wildman–Crippen LogP) is 4.95. The van der Waals surface area contributed by atoms with E-state index < -0.39 is 0 Å². The van der Waals surface area contributed by atoms with Crippen LogP contribution in [-0.4, -0.2) is 5.91 Å². The topological polar surface area (TPSA) is 29.1 Å². The first-order chi connectivity index (χ1) is 9.54. The Morgan fingerprint density at radius 3 is 2.45 bits per heavy atom. The van der Waals surface area contributed by atoms with Crippen molar-refractivity contribution in [1.29, 1.82) is 0 Å². The average Bonchev–Trinajstić information content (AvgIpc) is 2.41. The first-order valence-corrected chi connectivity index (χ1v) is 6.81. The highest BCUT2D eigenvalue weighted by Crippen LogP contribution is 2.22. The second-order valence-electron chi connectivity index (χ2n) is 4.36. The van der Waals surface area contributed by atoms with E-state index in [1.54, 1.807) is 30.3 Å². The Morgan fingerprint density at radius 2 is 1.80 bits per heavy atom. The summed E-state index contributed by atoms with van der Waals surface area (Å²) in [6.07, 6.45) is 3.17. The van der Waals surface area contributed by atoms with Crippen LogP contribution in [0.1, 0.15) is 11.1 Å². The average molecular weight is 306 g/mol. The van der Waals surface area contributed by atoms with Crippen molar-refractivity contribution in [2.75, 3.05) is 5.32 Å². The van der Waals surface area contributed by atoms with E-state index in [9.17, 15) is 4.79 Å². The lowest BCUT2D eigenvalue weighted by Crippen LogP contribution is -2.08. The lowest BCUT2D eigenvalue weighted by molar-refractivity contribution is -0.111. The van der Waals surface area contributed by atoms with Gasteiger partial charge in [-0.1, -0.05) is 41.4 Å². The van der Waals surface area contributed by atoms with Crippen molar-refractivity contribution in [2.24, 2.45) is 0 Å². The molecule has 1 N–H and O–H groups in total. The monoisotopic (exact) mass is 305 g/mol. The molecule has 20 heavy (non-hydrogen) atoms. The molecule has 4 heteroatoms. The molecule has 0 atom stereocenters. The van der Waals surface area contributed by atoms with Crippen LogP contribution in [0.3, 0.4) is 0 Å². The van der Waals surface area contributed by atoms with E-state index in [1.807, 2.05) is 25.1 Å². The Labute approximate surface area is 128 Å². The van der Waals surface area contributed by atoms with E-state index in [1.165, 1.54) is 6.08 Å². The van der Waals surface area contributed by atoms with Gasteiger partial charge in [0.1, 0.15) is 0 Å². The maximum absolute atomic E-state index is 11.8. The highest BCUT2D eigenvalue weighted by Gasteiger charge is 2.03. The van der Waals surface area contributed by atoms with Gasteiger partial charge < -0.3 is 5.32 Å². The molecule has 2 aromatic carbocycles. The van der Waals surface area contributed by atoms with Crippen LogP contribution in [0.25, 0.3) is 6.08 Å². The molecule has 0 aliphatic carbocycles. The zero-order chi connectivity index (χ0) is 14.5. The summed E-state index contributed by atoms with van der Waals surface area (Å²) in [6.45, 7) is 1.94. The quantitative estimate of drug-likeness (QED) is 0.798. The number of halogens is 2. The third-order valence-electron chi connectivity index (χ3n) is 2.68. The Balaban J connectivity index is 2.03. The molecule has 0 bridgehead atoms. The molecule has 0 fully saturated rings. The fourth-order valence-corrected chi connectivity index (χ4v) is 2.05. The van der Waals surface area contributed by atoms with Gasteiger partial charge in [-0.25, -0.2) is 0 Å². The summed E-state index contributed by atoms with van der Waals surface area (Å²) in [6, 6.07) is 12.7. The van der Waals surface area contributed by atoms with Crippen molar-refractivity contribution < 1.29 is 4.79 Å². The normalized spacial score (nSPS) is 10.8. The minimum absolute atomic E-state index is 0.231. The van der Waals surface area contributed by atoms with E-state index in [0.717, 1.165) is 11.1 Å². The molecule has 2 nitrogen and oxygen atoms in total. The largest absolute Gasteiger partial charge is 0.321 e. The fourth-order valence-electron chi connectivity index (χ4n) is 1.64. The molecule has 0 spiro atoms. The number of carbonyl (C=O) groups excluding carboxylic acids is 1. The Bertz CT molecular complexity index is 648. The smallest absolute Gasteiger partial charge is 0.248 e. The zero-order valence-electron chi connectivity index (χ0n) is 10.9. The first-order valence-electron chi connectivity index (χ1n) is 6.05. The minimum atomic E-state index is -0.231. The Morgan fingerprint density at radius 1 is 1.10 bits per heavy atom. The number of hydrogen-bond donors (Lipinski definition) is 1. The van der Waals surface area contributed by atoms with Crippen LogP contribution in [0, 0.1) is 6.92 Å². The molecule has 0 aromatic heterocycles. The Hall–Kier alpha value is -1.77. The van der Waals surface area contributed by atoms with Crippen molar-refractivity contribution >= 4 is 40.9 Å². The van der Waals surface area contributed by atoms with Crippen molar-refractivity contribution in [3.8, 4) is 0 Å². The molecule has 2 rings (SSSR count). The van der Waals surface area contributed by atoms with E-state index in [4.69, 9.17) is 23.2 Å². The van der Waals surface area contributed by atoms with Gasteiger partial charge in [0, 0.05) is 11.1 Å². The van der Waals surface area contributed by atoms with Crippen LogP contribution < -0.4 is 5.32 Å². The number of nitrogens with one attached hydrogen (secondary N) is 1. The summed E-state index contributed by atoms with van der Waals surface area (Å²) in [5.41, 5.74) is 2.55. The predicted molar refractivity (Wildman–Crippen MR) is 85.3 cm³/mol. The number of anilines is 1. The number of rotatable bonds is 3. The highest BCUT2D eigenvalue weighted by molar-refractivity contribution is 6.34. The second kappa shape index (κ2) is 6.60. The summed E-state index contributed by atoms with van der Waals surface area (Å²) in [7, 11) is 0. The van der Waals surface area contributed by atoms with Gasteiger partial charge in [-0.3, -0.25) is 4.79 Å². The number of aryl methyl sites for hydroxylation is 1. The third-order valence-corrected chi connectivity index (χ3v) is 3.24. The number of hydrogen-bond acceptors (Lipinski definition) is 1. The molecular weight excluding hydrogens is 293 g/mol. The van der Waals surface area contributed by atoms with Crippen molar-refractivity contribution in [3.63, 3.8) is 0 Å². The summed E-state index contributed by atoms with van der Waals surface area (Å²) in [4.78, 5) is 11.8. The molecule has 0 heterocycles. The second-order valence-corrected chi connectivity index (χ2v) is 5.20. The lowest BCUT2D eigenvalue weighted by Gasteiger charge is -2.05. The molecule has 102 valence electrons. The zero-order valence-corrected chi connectivity index (χ0v) is 12.4. The molecule has 0 radical (unpaired) electrons. The van der Waals surface area contributed by atoms with Crippen LogP contribution in [0.4, 0.5) is 5.69 Å². The maximum Gasteiger partial charge on any atom is 0.248 e. The van der Waals surface area contributed by atoms with Crippen molar-refractivity contribution in [1.82, 2.24) is 0 Å². The van der Waals surface area contributed by atoms with Gasteiger partial charge in [-0.2, -0.15) is 0 Å².